The number of aromatic nitrogens is 2. The van der Waals surface area contributed by atoms with Gasteiger partial charge in [-0.05, 0) is 26.7 Å². The van der Waals surface area contributed by atoms with Gasteiger partial charge >= 0.3 is 5.97 Å². The van der Waals surface area contributed by atoms with Gasteiger partial charge in [-0.3, -0.25) is 9.59 Å². The molecule has 1 aromatic rings. The zero-order valence-corrected chi connectivity index (χ0v) is 12.6. The van der Waals surface area contributed by atoms with Gasteiger partial charge in [-0.25, -0.2) is 4.98 Å². The molecule has 0 saturated carbocycles. The van der Waals surface area contributed by atoms with Gasteiger partial charge in [-0.1, -0.05) is 25.6 Å². The number of esters is 1. The summed E-state index contributed by atoms with van der Waals surface area (Å²) in [7, 11) is 0. The number of thioether (sulfide) groups is 1. The van der Waals surface area contributed by atoms with Crippen LogP contribution in [0.15, 0.2) is 9.95 Å². The molecule has 1 N–H and O–H groups in total. The van der Waals surface area contributed by atoms with Gasteiger partial charge < -0.3 is 9.72 Å². The van der Waals surface area contributed by atoms with Crippen LogP contribution in [-0.4, -0.2) is 27.8 Å². The van der Waals surface area contributed by atoms with Gasteiger partial charge in [0.2, 0.25) is 0 Å². The summed E-state index contributed by atoms with van der Waals surface area (Å²) in [6, 6.07) is 0. The van der Waals surface area contributed by atoms with E-state index in [0.717, 1.165) is 0 Å². The van der Waals surface area contributed by atoms with Crippen molar-refractivity contribution >= 4 is 17.7 Å². The Kier molecular flexibility index (Phi) is 6.08. The maximum atomic E-state index is 11.8. The van der Waals surface area contributed by atoms with Crippen molar-refractivity contribution in [1.29, 1.82) is 0 Å². The van der Waals surface area contributed by atoms with Crippen molar-refractivity contribution in [2.24, 2.45) is 0 Å². The molecule has 0 aromatic carbocycles. The SMILES string of the molecule is CCOC(=O)[C@H](CC)Sc1nc(C)c(CC)c(=O)[nH]1. The van der Waals surface area contributed by atoms with Crippen LogP contribution in [0.2, 0.25) is 0 Å². The predicted octanol–water partition coefficient (Wildman–Crippen LogP) is 2.07. The molecule has 5 nitrogen and oxygen atoms in total. The van der Waals surface area contributed by atoms with Gasteiger partial charge in [0.05, 0.1) is 6.61 Å². The highest BCUT2D eigenvalue weighted by molar-refractivity contribution is 8.00. The first kappa shape index (κ1) is 15.8. The maximum Gasteiger partial charge on any atom is 0.319 e. The summed E-state index contributed by atoms with van der Waals surface area (Å²) in [6.45, 7) is 7.76. The fraction of sp³-hybridized carbons (Fsp3) is 0.615. The Balaban J connectivity index is 2.92. The number of hydrogen-bond donors (Lipinski definition) is 1. The Labute approximate surface area is 117 Å². The van der Waals surface area contributed by atoms with Gasteiger partial charge in [0.15, 0.2) is 5.16 Å². The summed E-state index contributed by atoms with van der Waals surface area (Å²) in [5.74, 6) is -0.269. The number of nitrogens with zero attached hydrogens (tertiary/aromatic N) is 1. The van der Waals surface area contributed by atoms with Crippen molar-refractivity contribution in [2.75, 3.05) is 6.61 Å². The minimum atomic E-state index is -0.338. The Hall–Kier alpha value is -1.30. The Bertz CT molecular complexity index is 499. The van der Waals surface area contributed by atoms with Crippen molar-refractivity contribution < 1.29 is 9.53 Å². The van der Waals surface area contributed by atoms with E-state index in [4.69, 9.17) is 4.74 Å². The van der Waals surface area contributed by atoms with Crippen LogP contribution in [-0.2, 0) is 16.0 Å². The smallest absolute Gasteiger partial charge is 0.319 e. The molecule has 106 valence electrons. The molecule has 0 aliphatic carbocycles. The van der Waals surface area contributed by atoms with Crippen LogP contribution in [0.3, 0.4) is 0 Å². The van der Waals surface area contributed by atoms with Crippen LogP contribution < -0.4 is 5.56 Å². The second-order valence-corrected chi connectivity index (χ2v) is 5.25. The monoisotopic (exact) mass is 284 g/mol. The third-order valence-electron chi connectivity index (χ3n) is 2.73. The zero-order valence-electron chi connectivity index (χ0n) is 11.8. The predicted molar refractivity (Wildman–Crippen MR) is 75.5 cm³/mol. The lowest BCUT2D eigenvalue weighted by Gasteiger charge is -2.13. The van der Waals surface area contributed by atoms with E-state index in [9.17, 15) is 9.59 Å². The van der Waals surface area contributed by atoms with Crippen LogP contribution in [0.5, 0.6) is 0 Å². The lowest BCUT2D eigenvalue weighted by molar-refractivity contribution is -0.142. The molecular weight excluding hydrogens is 264 g/mol. The average molecular weight is 284 g/mol. The summed E-state index contributed by atoms with van der Waals surface area (Å²) < 4.78 is 4.99. The summed E-state index contributed by atoms with van der Waals surface area (Å²) in [5, 5.41) is 0.134. The Morgan fingerprint density at radius 1 is 1.42 bits per heavy atom. The van der Waals surface area contributed by atoms with Gasteiger partial charge in [0, 0.05) is 11.3 Å². The molecule has 0 aliphatic heterocycles. The molecule has 1 heterocycles. The van der Waals surface area contributed by atoms with Crippen LogP contribution in [0.4, 0.5) is 0 Å². The van der Waals surface area contributed by atoms with Crippen molar-refractivity contribution in [3.8, 4) is 0 Å². The fourth-order valence-corrected chi connectivity index (χ4v) is 2.67. The van der Waals surface area contributed by atoms with Gasteiger partial charge in [-0.2, -0.15) is 0 Å². The molecule has 0 aliphatic rings. The quantitative estimate of drug-likeness (QED) is 0.492. The van der Waals surface area contributed by atoms with E-state index >= 15 is 0 Å². The number of carbonyl (C=O) groups excluding carboxylic acids is 1. The number of hydrogen-bond acceptors (Lipinski definition) is 5. The number of H-pyrrole nitrogens is 1. The Morgan fingerprint density at radius 3 is 2.58 bits per heavy atom. The van der Waals surface area contributed by atoms with Gasteiger partial charge in [-0.15, -0.1) is 0 Å². The summed E-state index contributed by atoms with van der Waals surface area (Å²) in [6.07, 6.45) is 1.27. The molecule has 0 fully saturated rings. The molecule has 0 saturated heterocycles. The first-order valence-corrected chi connectivity index (χ1v) is 7.34. The number of aromatic amines is 1. The van der Waals surface area contributed by atoms with Crippen molar-refractivity contribution in [1.82, 2.24) is 9.97 Å². The molecule has 0 radical (unpaired) electrons. The standard InChI is InChI=1S/C13H20N2O3S/c1-5-9-8(4)14-13(15-11(9)16)19-10(6-2)12(17)18-7-3/h10H,5-7H2,1-4H3,(H,14,15,16)/t10-/m0/s1. The minimum Gasteiger partial charge on any atom is -0.465 e. The number of aryl methyl sites for hydroxylation is 1. The van der Waals surface area contributed by atoms with E-state index in [-0.39, 0.29) is 16.8 Å². The molecule has 0 unspecified atom stereocenters. The van der Waals surface area contributed by atoms with Gasteiger partial charge in [0.25, 0.3) is 5.56 Å². The number of rotatable bonds is 6. The first-order chi connectivity index (χ1) is 9.03. The highest BCUT2D eigenvalue weighted by Crippen LogP contribution is 2.22. The Morgan fingerprint density at radius 2 is 2.11 bits per heavy atom. The first-order valence-electron chi connectivity index (χ1n) is 6.46. The minimum absolute atomic E-state index is 0.129. The normalized spacial score (nSPS) is 12.2. The molecule has 0 amide bonds. The topological polar surface area (TPSA) is 72.0 Å². The van der Waals surface area contributed by atoms with Crippen LogP contribution >= 0.6 is 11.8 Å². The lowest BCUT2D eigenvalue weighted by atomic mass is 10.2. The number of ether oxygens (including phenoxy) is 1. The van der Waals surface area contributed by atoms with Crippen molar-refractivity contribution in [3.05, 3.63) is 21.6 Å². The van der Waals surface area contributed by atoms with E-state index in [0.29, 0.717) is 35.9 Å². The highest BCUT2D eigenvalue weighted by atomic mass is 32.2. The average Bonchev–Trinajstić information content (AvgIpc) is 2.35. The molecular formula is C13H20N2O3S. The van der Waals surface area contributed by atoms with Crippen LogP contribution in [0.1, 0.15) is 38.4 Å². The molecule has 1 aromatic heterocycles. The molecule has 6 heteroatoms. The van der Waals surface area contributed by atoms with E-state index in [1.54, 1.807) is 6.92 Å². The second kappa shape index (κ2) is 7.33. The van der Waals surface area contributed by atoms with Gasteiger partial charge in [0.1, 0.15) is 5.25 Å². The van der Waals surface area contributed by atoms with E-state index in [1.807, 2.05) is 20.8 Å². The zero-order chi connectivity index (χ0) is 14.4. The fourth-order valence-electron chi connectivity index (χ4n) is 1.72. The third-order valence-corrected chi connectivity index (χ3v) is 3.96. The van der Waals surface area contributed by atoms with E-state index < -0.39 is 0 Å². The maximum absolute atomic E-state index is 11.8. The largest absolute Gasteiger partial charge is 0.465 e. The van der Waals surface area contributed by atoms with E-state index in [2.05, 4.69) is 9.97 Å². The number of nitrogens with one attached hydrogen (secondary N) is 1. The van der Waals surface area contributed by atoms with Crippen molar-refractivity contribution in [2.45, 2.75) is 50.9 Å². The summed E-state index contributed by atoms with van der Waals surface area (Å²) in [5.41, 5.74) is 1.28. The van der Waals surface area contributed by atoms with E-state index in [1.165, 1.54) is 11.8 Å². The summed E-state index contributed by atoms with van der Waals surface area (Å²) >= 11 is 1.24. The molecule has 0 spiro atoms. The number of carbonyl (C=O) groups is 1. The van der Waals surface area contributed by atoms with Crippen LogP contribution in [0, 0.1) is 6.92 Å². The molecule has 1 atom stereocenters. The second-order valence-electron chi connectivity index (χ2n) is 4.06. The summed E-state index contributed by atoms with van der Waals surface area (Å²) in [4.78, 5) is 30.6. The highest BCUT2D eigenvalue weighted by Gasteiger charge is 2.20. The van der Waals surface area contributed by atoms with Crippen LogP contribution in [0.25, 0.3) is 0 Å². The van der Waals surface area contributed by atoms with Crippen molar-refractivity contribution in [3.63, 3.8) is 0 Å². The third kappa shape index (κ3) is 4.09. The lowest BCUT2D eigenvalue weighted by Crippen LogP contribution is -2.22. The molecule has 0 bridgehead atoms. The molecule has 1 rings (SSSR count). The molecule has 19 heavy (non-hydrogen) atoms.